The van der Waals surface area contributed by atoms with Crippen LogP contribution >= 0.6 is 22.6 Å². The maximum Gasteiger partial charge on any atom is 0.147 e. The highest BCUT2D eigenvalue weighted by molar-refractivity contribution is 14.1. The zero-order valence-corrected chi connectivity index (χ0v) is 19.0. The summed E-state index contributed by atoms with van der Waals surface area (Å²) in [6.45, 7) is 7.28. The van der Waals surface area contributed by atoms with Crippen LogP contribution in [0.25, 0.3) is 10.9 Å². The topological polar surface area (TPSA) is 17.8 Å². The number of hydrogen-bond donors (Lipinski definition) is 0. The number of pyridine rings is 1. The molecular formula is C25H24FIN2. The first kappa shape index (κ1) is 20.1. The minimum Gasteiger partial charge on any atom is -0.339 e. The Kier molecular flexibility index (Phi) is 5.47. The molecule has 0 spiro atoms. The lowest BCUT2D eigenvalue weighted by Gasteiger charge is -2.35. The van der Waals surface area contributed by atoms with Crippen molar-refractivity contribution in [3.63, 3.8) is 0 Å². The molecule has 0 bridgehead atoms. The lowest BCUT2D eigenvalue weighted by molar-refractivity contribution is 0.407. The third-order valence-corrected chi connectivity index (χ3v) is 6.78. The van der Waals surface area contributed by atoms with Crippen LogP contribution in [0, 0.1) is 15.3 Å². The largest absolute Gasteiger partial charge is 0.339 e. The van der Waals surface area contributed by atoms with Crippen molar-refractivity contribution in [3.05, 3.63) is 99.3 Å². The molecule has 4 aromatic rings. The first-order valence-electron chi connectivity index (χ1n) is 9.85. The van der Waals surface area contributed by atoms with Gasteiger partial charge in [-0.05, 0) is 70.0 Å². The van der Waals surface area contributed by atoms with Gasteiger partial charge in [0, 0.05) is 26.8 Å². The zero-order chi connectivity index (χ0) is 20.6. The summed E-state index contributed by atoms with van der Waals surface area (Å²) in [4.78, 5) is 4.44. The number of benzene rings is 2. The molecular weight excluding hydrogens is 474 g/mol. The Morgan fingerprint density at radius 1 is 1.03 bits per heavy atom. The summed E-state index contributed by atoms with van der Waals surface area (Å²) in [6.07, 6.45) is 3.91. The van der Waals surface area contributed by atoms with Gasteiger partial charge in [0.25, 0.3) is 0 Å². The number of rotatable bonds is 5. The van der Waals surface area contributed by atoms with Crippen LogP contribution in [0.1, 0.15) is 37.6 Å². The van der Waals surface area contributed by atoms with Crippen molar-refractivity contribution in [2.45, 2.75) is 32.7 Å². The molecule has 2 heterocycles. The van der Waals surface area contributed by atoms with E-state index in [1.807, 2.05) is 28.8 Å². The molecule has 2 aromatic heterocycles. The van der Waals surface area contributed by atoms with E-state index < -0.39 is 0 Å². The van der Waals surface area contributed by atoms with Crippen LogP contribution in [0.4, 0.5) is 4.39 Å². The summed E-state index contributed by atoms with van der Waals surface area (Å²) in [5.41, 5.74) is 3.71. The fourth-order valence-electron chi connectivity index (χ4n) is 4.12. The molecule has 1 unspecified atom stereocenters. The van der Waals surface area contributed by atoms with Crippen molar-refractivity contribution in [2.75, 3.05) is 0 Å². The van der Waals surface area contributed by atoms with Gasteiger partial charge >= 0.3 is 0 Å². The zero-order valence-electron chi connectivity index (χ0n) is 16.9. The van der Waals surface area contributed by atoms with Gasteiger partial charge in [0.2, 0.25) is 0 Å². The third kappa shape index (κ3) is 3.59. The maximum absolute atomic E-state index is 15.0. The van der Waals surface area contributed by atoms with Gasteiger partial charge in [-0.3, -0.25) is 4.98 Å². The van der Waals surface area contributed by atoms with E-state index in [2.05, 4.69) is 78.8 Å². The van der Waals surface area contributed by atoms with Gasteiger partial charge in [-0.25, -0.2) is 4.39 Å². The Morgan fingerprint density at radius 2 is 1.79 bits per heavy atom. The van der Waals surface area contributed by atoms with Crippen LogP contribution in [0.2, 0.25) is 0 Å². The lowest BCUT2D eigenvalue weighted by Crippen LogP contribution is -2.30. The molecule has 0 amide bonds. The standard InChI is InChI=1S/C25H24FIN2/c1-17(2)25(3,18-10-12-19(27)13-11-18)22-16-29(15-20-7-4-5-14-28-20)24-21(22)8-6-9-23(24)26/h4-14,16-17H,15H2,1-3H3. The first-order valence-corrected chi connectivity index (χ1v) is 10.9. The number of halogens is 2. The summed E-state index contributed by atoms with van der Waals surface area (Å²) in [6, 6.07) is 19.9. The molecule has 0 radical (unpaired) electrons. The van der Waals surface area contributed by atoms with Crippen molar-refractivity contribution in [2.24, 2.45) is 5.92 Å². The quantitative estimate of drug-likeness (QED) is 0.277. The van der Waals surface area contributed by atoms with Crippen LogP contribution in [0.3, 0.4) is 0 Å². The van der Waals surface area contributed by atoms with Crippen LogP contribution in [0.5, 0.6) is 0 Å². The normalized spacial score (nSPS) is 13.7. The van der Waals surface area contributed by atoms with E-state index in [1.165, 1.54) is 9.13 Å². The fourth-order valence-corrected chi connectivity index (χ4v) is 4.47. The van der Waals surface area contributed by atoms with Gasteiger partial charge in [0.1, 0.15) is 5.82 Å². The predicted molar refractivity (Wildman–Crippen MR) is 126 cm³/mol. The molecule has 0 saturated heterocycles. The van der Waals surface area contributed by atoms with Crippen LogP contribution in [-0.4, -0.2) is 9.55 Å². The van der Waals surface area contributed by atoms with E-state index in [9.17, 15) is 4.39 Å². The van der Waals surface area contributed by atoms with Crippen molar-refractivity contribution in [1.29, 1.82) is 0 Å². The molecule has 2 nitrogen and oxygen atoms in total. The Balaban J connectivity index is 1.95. The number of fused-ring (bicyclic) bond motifs is 1. The minimum absolute atomic E-state index is 0.196. The SMILES string of the molecule is CC(C)C(C)(c1ccc(I)cc1)c1cn(Cc2ccccn2)c2c(F)cccc12. The summed E-state index contributed by atoms with van der Waals surface area (Å²) in [5, 5.41) is 0.968. The lowest BCUT2D eigenvalue weighted by atomic mass is 9.68. The summed E-state index contributed by atoms with van der Waals surface area (Å²) < 4.78 is 18.2. The molecule has 0 fully saturated rings. The number of aromatic nitrogens is 2. The summed E-state index contributed by atoms with van der Waals surface area (Å²) >= 11 is 2.33. The molecule has 0 aliphatic heterocycles. The highest BCUT2D eigenvalue weighted by Crippen LogP contribution is 2.43. The number of para-hydroxylation sites is 1. The maximum atomic E-state index is 15.0. The highest BCUT2D eigenvalue weighted by atomic mass is 127. The molecule has 148 valence electrons. The predicted octanol–water partition coefficient (Wildman–Crippen LogP) is 6.79. The van der Waals surface area contributed by atoms with Crippen LogP contribution in [-0.2, 0) is 12.0 Å². The van der Waals surface area contributed by atoms with Crippen molar-refractivity contribution < 1.29 is 4.39 Å². The van der Waals surface area contributed by atoms with Gasteiger partial charge in [0.05, 0.1) is 17.8 Å². The van der Waals surface area contributed by atoms with Gasteiger partial charge < -0.3 is 4.57 Å². The molecule has 0 aliphatic carbocycles. The molecule has 4 rings (SSSR count). The average molecular weight is 498 g/mol. The van der Waals surface area contributed by atoms with Crippen LogP contribution in [0.15, 0.2) is 73.1 Å². The Hall–Kier alpha value is -2.21. The number of hydrogen-bond acceptors (Lipinski definition) is 1. The Bertz CT molecular complexity index is 1130. The van der Waals surface area contributed by atoms with E-state index in [-0.39, 0.29) is 11.2 Å². The van der Waals surface area contributed by atoms with E-state index in [1.54, 1.807) is 18.3 Å². The average Bonchev–Trinajstić information content (AvgIpc) is 3.08. The second kappa shape index (κ2) is 7.90. The third-order valence-electron chi connectivity index (χ3n) is 6.07. The molecule has 29 heavy (non-hydrogen) atoms. The summed E-state index contributed by atoms with van der Waals surface area (Å²) in [5.74, 6) is 0.137. The summed E-state index contributed by atoms with van der Waals surface area (Å²) in [7, 11) is 0. The Morgan fingerprint density at radius 3 is 2.45 bits per heavy atom. The van der Waals surface area contributed by atoms with Gasteiger partial charge in [-0.15, -0.1) is 0 Å². The monoisotopic (exact) mass is 498 g/mol. The van der Waals surface area contributed by atoms with E-state index in [4.69, 9.17) is 0 Å². The minimum atomic E-state index is -0.244. The van der Waals surface area contributed by atoms with Gasteiger partial charge in [-0.2, -0.15) is 0 Å². The second-order valence-corrected chi connectivity index (χ2v) is 9.24. The molecule has 0 N–H and O–H groups in total. The smallest absolute Gasteiger partial charge is 0.147 e. The molecule has 2 aromatic carbocycles. The molecule has 0 saturated carbocycles. The highest BCUT2D eigenvalue weighted by Gasteiger charge is 2.35. The van der Waals surface area contributed by atoms with E-state index in [0.29, 0.717) is 18.0 Å². The van der Waals surface area contributed by atoms with E-state index in [0.717, 1.165) is 16.6 Å². The number of nitrogens with zero attached hydrogens (tertiary/aromatic N) is 2. The fraction of sp³-hybridized carbons (Fsp3) is 0.240. The Labute approximate surface area is 184 Å². The second-order valence-electron chi connectivity index (χ2n) is 7.99. The molecule has 1 atom stereocenters. The van der Waals surface area contributed by atoms with Crippen molar-refractivity contribution in [1.82, 2.24) is 9.55 Å². The van der Waals surface area contributed by atoms with Gasteiger partial charge in [-0.1, -0.05) is 51.1 Å². The van der Waals surface area contributed by atoms with Gasteiger partial charge in [0.15, 0.2) is 0 Å². The molecule has 0 aliphatic rings. The first-order chi connectivity index (χ1) is 13.9. The molecule has 4 heteroatoms. The van der Waals surface area contributed by atoms with Crippen molar-refractivity contribution >= 4 is 33.5 Å². The van der Waals surface area contributed by atoms with E-state index >= 15 is 0 Å². The van der Waals surface area contributed by atoms with Crippen LogP contribution < -0.4 is 0 Å². The van der Waals surface area contributed by atoms with Crippen molar-refractivity contribution in [3.8, 4) is 0 Å².